The van der Waals surface area contributed by atoms with E-state index in [1.165, 1.54) is 28.7 Å². The number of thioether (sulfide) groups is 1. The highest BCUT2D eigenvalue weighted by Gasteiger charge is 2.34. The molecule has 1 aliphatic heterocycles. The van der Waals surface area contributed by atoms with Gasteiger partial charge in [0.05, 0.1) is 11.3 Å². The maximum absolute atomic E-state index is 12.2. The van der Waals surface area contributed by atoms with Crippen LogP contribution in [0.25, 0.3) is 0 Å². The predicted octanol–water partition coefficient (Wildman–Crippen LogP) is 2.54. The van der Waals surface area contributed by atoms with E-state index in [-0.39, 0.29) is 18.9 Å². The Morgan fingerprint density at radius 1 is 1.33 bits per heavy atom. The summed E-state index contributed by atoms with van der Waals surface area (Å²) < 4.78 is 0.495. The second-order valence-corrected chi connectivity index (χ2v) is 6.11. The van der Waals surface area contributed by atoms with Crippen LogP contribution < -0.4 is 0 Å². The van der Waals surface area contributed by atoms with Crippen molar-refractivity contribution in [1.29, 1.82) is 0 Å². The van der Waals surface area contributed by atoms with E-state index in [9.17, 15) is 9.59 Å². The van der Waals surface area contributed by atoms with Crippen molar-refractivity contribution in [2.45, 2.75) is 38.5 Å². The maximum Gasteiger partial charge on any atom is 0.305 e. The topological polar surface area (TPSA) is 57.6 Å². The second kappa shape index (κ2) is 5.84. The van der Waals surface area contributed by atoms with E-state index in [0.717, 1.165) is 30.6 Å². The monoisotopic (exact) mass is 285 g/mol. The van der Waals surface area contributed by atoms with Gasteiger partial charge in [-0.25, -0.2) is 0 Å². The third-order valence-corrected chi connectivity index (χ3v) is 4.71. The lowest BCUT2D eigenvalue weighted by atomic mass is 9.94. The molecule has 1 saturated heterocycles. The van der Waals surface area contributed by atoms with Crippen molar-refractivity contribution < 1.29 is 14.7 Å². The minimum absolute atomic E-state index is 0.0605. The minimum Gasteiger partial charge on any atom is -0.481 e. The van der Waals surface area contributed by atoms with Gasteiger partial charge in [0.15, 0.2) is 0 Å². The number of carbonyl (C=O) groups excluding carboxylic acids is 1. The van der Waals surface area contributed by atoms with Crippen molar-refractivity contribution in [3.8, 4) is 0 Å². The molecule has 2 rings (SSSR count). The molecular weight excluding hydrogens is 270 g/mol. The smallest absolute Gasteiger partial charge is 0.305 e. The van der Waals surface area contributed by atoms with Crippen LogP contribution in [0, 0.1) is 0 Å². The number of amides is 1. The van der Waals surface area contributed by atoms with E-state index < -0.39 is 5.97 Å². The summed E-state index contributed by atoms with van der Waals surface area (Å²) in [6, 6.07) is 0. The van der Waals surface area contributed by atoms with E-state index in [2.05, 4.69) is 0 Å². The lowest BCUT2D eigenvalue weighted by Crippen LogP contribution is -2.30. The summed E-state index contributed by atoms with van der Waals surface area (Å²) in [4.78, 5) is 24.9. The highest BCUT2D eigenvalue weighted by Crippen LogP contribution is 2.38. The number of allylic oxidation sites excluding steroid dienone is 1. The Bertz CT molecular complexity index is 423. The van der Waals surface area contributed by atoms with Gasteiger partial charge in [-0.1, -0.05) is 36.0 Å². The molecule has 0 unspecified atom stereocenters. The fourth-order valence-corrected chi connectivity index (χ4v) is 3.65. The summed E-state index contributed by atoms with van der Waals surface area (Å²) in [6.07, 6.45) is 5.38. The summed E-state index contributed by atoms with van der Waals surface area (Å²) >= 11 is 6.49. The van der Waals surface area contributed by atoms with Crippen molar-refractivity contribution >= 4 is 40.2 Å². The summed E-state index contributed by atoms with van der Waals surface area (Å²) in [7, 11) is 0. The van der Waals surface area contributed by atoms with Crippen LogP contribution in [-0.4, -0.2) is 32.7 Å². The van der Waals surface area contributed by atoms with Gasteiger partial charge in [0.2, 0.25) is 0 Å². The van der Waals surface area contributed by atoms with Gasteiger partial charge in [0.1, 0.15) is 4.32 Å². The molecule has 0 bridgehead atoms. The van der Waals surface area contributed by atoms with Crippen LogP contribution in [0.1, 0.15) is 38.5 Å². The number of aliphatic carboxylic acids is 1. The number of nitrogens with zero attached hydrogens (tertiary/aromatic N) is 1. The molecule has 2 fully saturated rings. The number of carboxylic acid groups (broad SMARTS) is 1. The number of rotatable bonds is 3. The van der Waals surface area contributed by atoms with E-state index in [4.69, 9.17) is 17.3 Å². The van der Waals surface area contributed by atoms with Crippen molar-refractivity contribution in [3.05, 3.63) is 10.5 Å². The maximum atomic E-state index is 12.2. The molecule has 4 nitrogen and oxygen atoms in total. The van der Waals surface area contributed by atoms with Crippen molar-refractivity contribution in [3.63, 3.8) is 0 Å². The Labute approximate surface area is 115 Å². The number of thiocarbonyl (C=S) groups is 1. The zero-order valence-corrected chi connectivity index (χ0v) is 11.6. The van der Waals surface area contributed by atoms with Crippen molar-refractivity contribution in [2.75, 3.05) is 6.54 Å². The van der Waals surface area contributed by atoms with E-state index in [0.29, 0.717) is 4.32 Å². The molecule has 6 heteroatoms. The van der Waals surface area contributed by atoms with Crippen molar-refractivity contribution in [1.82, 2.24) is 4.90 Å². The molecule has 0 aromatic rings. The molecule has 18 heavy (non-hydrogen) atoms. The third-order valence-electron chi connectivity index (χ3n) is 3.18. The molecular formula is C12H15NO3S2. The van der Waals surface area contributed by atoms with Crippen LogP contribution in [-0.2, 0) is 9.59 Å². The molecule has 1 N–H and O–H groups in total. The average molecular weight is 285 g/mol. The van der Waals surface area contributed by atoms with Crippen LogP contribution in [0.15, 0.2) is 10.5 Å². The average Bonchev–Trinajstić information content (AvgIpc) is 2.63. The zero-order valence-electron chi connectivity index (χ0n) is 9.98. The highest BCUT2D eigenvalue weighted by molar-refractivity contribution is 8.26. The lowest BCUT2D eigenvalue weighted by molar-refractivity contribution is -0.137. The van der Waals surface area contributed by atoms with Crippen LogP contribution in [0.4, 0.5) is 0 Å². The first-order valence-corrected chi connectivity index (χ1v) is 7.29. The van der Waals surface area contributed by atoms with E-state index >= 15 is 0 Å². The first-order valence-electron chi connectivity index (χ1n) is 6.07. The van der Waals surface area contributed by atoms with E-state index in [1.54, 1.807) is 0 Å². The van der Waals surface area contributed by atoms with Crippen LogP contribution in [0.5, 0.6) is 0 Å². The minimum atomic E-state index is -0.908. The van der Waals surface area contributed by atoms with Gasteiger partial charge in [-0.15, -0.1) is 0 Å². The largest absolute Gasteiger partial charge is 0.481 e. The summed E-state index contributed by atoms with van der Waals surface area (Å²) in [5.74, 6) is -1.00. The Morgan fingerprint density at radius 2 is 2.00 bits per heavy atom. The molecule has 0 spiro atoms. The van der Waals surface area contributed by atoms with Gasteiger partial charge in [0.25, 0.3) is 5.91 Å². The van der Waals surface area contributed by atoms with Crippen LogP contribution in [0.3, 0.4) is 0 Å². The summed E-state index contributed by atoms with van der Waals surface area (Å²) in [6.45, 7) is 0.177. The van der Waals surface area contributed by atoms with Gasteiger partial charge in [0, 0.05) is 6.54 Å². The number of hydrogen-bond donors (Lipinski definition) is 1. The quantitative estimate of drug-likeness (QED) is 0.638. The SMILES string of the molecule is O=C(O)CCN1C(=O)C(=C2CCCCC2)SC1=S. The first-order chi connectivity index (χ1) is 8.59. The number of carbonyl (C=O) groups is 2. The zero-order chi connectivity index (χ0) is 13.1. The Hall–Kier alpha value is -0.880. The molecule has 0 radical (unpaired) electrons. The Morgan fingerprint density at radius 3 is 2.61 bits per heavy atom. The fraction of sp³-hybridized carbons (Fsp3) is 0.583. The van der Waals surface area contributed by atoms with Gasteiger partial charge < -0.3 is 5.11 Å². The number of carboxylic acids is 1. The van der Waals surface area contributed by atoms with Gasteiger partial charge in [-0.3, -0.25) is 14.5 Å². The molecule has 1 saturated carbocycles. The molecule has 2 aliphatic rings. The molecule has 98 valence electrons. The van der Waals surface area contributed by atoms with Gasteiger partial charge in [-0.2, -0.15) is 0 Å². The molecule has 0 aromatic heterocycles. The van der Waals surface area contributed by atoms with Gasteiger partial charge in [-0.05, 0) is 25.7 Å². The molecule has 1 heterocycles. The Balaban J connectivity index is 2.10. The summed E-state index contributed by atoms with van der Waals surface area (Å²) in [5, 5.41) is 8.66. The number of hydrogen-bond acceptors (Lipinski definition) is 4. The fourth-order valence-electron chi connectivity index (χ4n) is 2.22. The summed E-state index contributed by atoms with van der Waals surface area (Å²) in [5.41, 5.74) is 1.21. The molecule has 1 aliphatic carbocycles. The standard InChI is InChI=1S/C12H15NO3S2/c14-9(15)6-7-13-11(16)10(18-12(13)17)8-4-2-1-3-5-8/h1-7H2,(H,14,15). The molecule has 1 amide bonds. The van der Waals surface area contributed by atoms with Crippen LogP contribution in [0.2, 0.25) is 0 Å². The second-order valence-electron chi connectivity index (χ2n) is 4.46. The third kappa shape index (κ3) is 2.92. The lowest BCUT2D eigenvalue weighted by Gasteiger charge is -2.16. The normalized spacial score (nSPS) is 20.8. The van der Waals surface area contributed by atoms with Crippen LogP contribution >= 0.6 is 24.0 Å². The first kappa shape index (κ1) is 13.5. The van der Waals surface area contributed by atoms with Gasteiger partial charge >= 0.3 is 5.97 Å². The van der Waals surface area contributed by atoms with E-state index in [1.807, 2.05) is 0 Å². The predicted molar refractivity (Wildman–Crippen MR) is 74.3 cm³/mol. The Kier molecular flexibility index (Phi) is 4.40. The van der Waals surface area contributed by atoms with Crippen molar-refractivity contribution in [2.24, 2.45) is 0 Å². The molecule has 0 atom stereocenters. The molecule has 0 aromatic carbocycles. The highest BCUT2D eigenvalue weighted by atomic mass is 32.2.